The van der Waals surface area contributed by atoms with Gasteiger partial charge >= 0.3 is 6.03 Å². The van der Waals surface area contributed by atoms with Gasteiger partial charge in [0.25, 0.3) is 0 Å². The molecule has 294 valence electrons. The standard InChI is InChI=1S/C56H38N4O2/c61-55-47-21-11-13-23-51(47)59(56(62)60(55)43-28-24-38(25-29-43)37-14-4-1-5-15-37)44-30-31-46-49-35-40(27-33-53(49)58(54(46)36-44)42-18-8-3-9-19-42)39-26-32-52-48(34-39)45-20-10-12-22-50(45)57(52)41-16-6-2-7-17-41/h1-36,55,61H. The molecule has 2 amide bonds. The molecular weight excluding hydrogens is 761 g/mol. The summed E-state index contributed by atoms with van der Waals surface area (Å²) in [5.41, 5.74) is 13.5. The van der Waals surface area contributed by atoms with Crippen LogP contribution in [0.25, 0.3) is 77.2 Å². The van der Waals surface area contributed by atoms with Crippen LogP contribution in [-0.4, -0.2) is 20.3 Å². The van der Waals surface area contributed by atoms with Crippen molar-refractivity contribution in [1.29, 1.82) is 0 Å². The lowest BCUT2D eigenvalue weighted by molar-refractivity contribution is 0.168. The molecule has 1 unspecified atom stereocenters. The summed E-state index contributed by atoms with van der Waals surface area (Å²) < 4.78 is 4.62. The number of urea groups is 1. The molecule has 62 heavy (non-hydrogen) atoms. The van der Waals surface area contributed by atoms with Gasteiger partial charge in [-0.05, 0) is 107 Å². The summed E-state index contributed by atoms with van der Waals surface area (Å²) >= 11 is 0. The minimum absolute atomic E-state index is 0.336. The molecule has 11 aromatic rings. The summed E-state index contributed by atoms with van der Waals surface area (Å²) in [5.74, 6) is 0. The van der Waals surface area contributed by atoms with E-state index in [1.54, 1.807) is 4.90 Å². The van der Waals surface area contributed by atoms with E-state index in [1.807, 2.05) is 78.9 Å². The second-order valence-corrected chi connectivity index (χ2v) is 15.9. The molecule has 6 nitrogen and oxygen atoms in total. The van der Waals surface area contributed by atoms with Crippen LogP contribution in [0.3, 0.4) is 0 Å². The lowest BCUT2D eigenvalue weighted by atomic mass is 10.0. The number of amides is 2. The lowest BCUT2D eigenvalue weighted by Gasteiger charge is -2.40. The molecule has 0 radical (unpaired) electrons. The van der Waals surface area contributed by atoms with Gasteiger partial charge in [-0.3, -0.25) is 9.80 Å². The van der Waals surface area contributed by atoms with Gasteiger partial charge in [-0.15, -0.1) is 0 Å². The normalized spacial score (nSPS) is 14.0. The first-order chi connectivity index (χ1) is 30.6. The molecule has 2 aromatic heterocycles. The Bertz CT molecular complexity index is 3500. The van der Waals surface area contributed by atoms with Crippen LogP contribution in [0.1, 0.15) is 11.8 Å². The fourth-order valence-electron chi connectivity index (χ4n) is 9.50. The molecule has 0 saturated carbocycles. The number of hydrogen-bond donors (Lipinski definition) is 1. The molecule has 0 spiro atoms. The summed E-state index contributed by atoms with van der Waals surface area (Å²) in [5, 5.41) is 16.4. The van der Waals surface area contributed by atoms with Crippen LogP contribution < -0.4 is 9.80 Å². The summed E-state index contributed by atoms with van der Waals surface area (Å²) in [6.07, 6.45) is -1.16. The molecule has 3 heterocycles. The molecule has 9 aromatic carbocycles. The number of fused-ring (bicyclic) bond motifs is 7. The molecule has 0 bridgehead atoms. The molecule has 1 aliphatic heterocycles. The van der Waals surface area contributed by atoms with Crippen LogP contribution in [0.15, 0.2) is 218 Å². The van der Waals surface area contributed by atoms with Gasteiger partial charge < -0.3 is 14.2 Å². The van der Waals surface area contributed by atoms with E-state index in [-0.39, 0.29) is 6.03 Å². The van der Waals surface area contributed by atoms with E-state index in [9.17, 15) is 9.90 Å². The quantitative estimate of drug-likeness (QED) is 0.182. The number of aliphatic hydroxyl groups is 1. The minimum atomic E-state index is -1.16. The number of para-hydroxylation sites is 4. The Morgan fingerprint density at radius 3 is 1.50 bits per heavy atom. The van der Waals surface area contributed by atoms with Crippen LogP contribution >= 0.6 is 0 Å². The van der Waals surface area contributed by atoms with E-state index in [0.29, 0.717) is 22.6 Å². The molecule has 0 aliphatic carbocycles. The molecule has 0 fully saturated rings. The van der Waals surface area contributed by atoms with Crippen molar-refractivity contribution in [3.8, 4) is 33.6 Å². The van der Waals surface area contributed by atoms with E-state index >= 15 is 0 Å². The number of nitrogens with zero attached hydrogens (tertiary/aromatic N) is 4. The Kier molecular flexibility index (Phi) is 8.20. The second kappa shape index (κ2) is 14.2. The number of hydrogen-bond acceptors (Lipinski definition) is 2. The van der Waals surface area contributed by atoms with Crippen molar-refractivity contribution in [2.24, 2.45) is 0 Å². The molecule has 12 rings (SSSR count). The van der Waals surface area contributed by atoms with E-state index in [4.69, 9.17) is 0 Å². The van der Waals surface area contributed by atoms with Crippen LogP contribution in [-0.2, 0) is 0 Å². The Hall–Kier alpha value is -8.19. The van der Waals surface area contributed by atoms with Gasteiger partial charge in [-0.25, -0.2) is 4.79 Å². The summed E-state index contributed by atoms with van der Waals surface area (Å²) in [7, 11) is 0. The van der Waals surface area contributed by atoms with Crippen molar-refractivity contribution in [2.75, 3.05) is 9.80 Å². The highest BCUT2D eigenvalue weighted by molar-refractivity contribution is 6.16. The van der Waals surface area contributed by atoms with E-state index < -0.39 is 6.23 Å². The maximum atomic E-state index is 14.9. The largest absolute Gasteiger partial charge is 0.369 e. The Morgan fingerprint density at radius 1 is 0.355 bits per heavy atom. The number of carbonyl (C=O) groups excluding carboxylic acids is 1. The molecular formula is C56H38N4O2. The van der Waals surface area contributed by atoms with Gasteiger partial charge in [0.1, 0.15) is 0 Å². The van der Waals surface area contributed by atoms with Crippen molar-refractivity contribution in [1.82, 2.24) is 9.13 Å². The van der Waals surface area contributed by atoms with Crippen molar-refractivity contribution >= 4 is 66.7 Å². The lowest BCUT2D eigenvalue weighted by Crippen LogP contribution is -2.47. The van der Waals surface area contributed by atoms with Crippen molar-refractivity contribution in [3.05, 3.63) is 224 Å². The average molecular weight is 799 g/mol. The number of carbonyl (C=O) groups is 1. The smallest absolute Gasteiger partial charge is 0.336 e. The van der Waals surface area contributed by atoms with Gasteiger partial charge in [0.15, 0.2) is 6.23 Å². The minimum Gasteiger partial charge on any atom is -0.369 e. The highest BCUT2D eigenvalue weighted by Crippen LogP contribution is 2.45. The maximum absolute atomic E-state index is 14.9. The Labute approximate surface area is 358 Å². The fourth-order valence-corrected chi connectivity index (χ4v) is 9.50. The first-order valence-corrected chi connectivity index (χ1v) is 20.9. The Balaban J connectivity index is 0.998. The molecule has 1 aliphatic rings. The van der Waals surface area contributed by atoms with Crippen molar-refractivity contribution < 1.29 is 9.90 Å². The van der Waals surface area contributed by atoms with Crippen LogP contribution in [0, 0.1) is 0 Å². The van der Waals surface area contributed by atoms with Gasteiger partial charge in [0, 0.05) is 44.2 Å². The number of benzene rings is 9. The SMILES string of the molecule is O=C1N(c2ccc3c4cc(-c5ccc6c(c5)c5ccccc5n6-c5ccccc5)ccc4n(-c4ccccc4)c3c2)c2ccccc2C(O)N1c1ccc(-c2ccccc2)cc1. The first kappa shape index (κ1) is 35.7. The van der Waals surface area contributed by atoms with E-state index in [0.717, 1.165) is 55.4 Å². The van der Waals surface area contributed by atoms with Crippen LogP contribution in [0.4, 0.5) is 21.9 Å². The van der Waals surface area contributed by atoms with Gasteiger partial charge in [-0.1, -0.05) is 133 Å². The van der Waals surface area contributed by atoms with Crippen molar-refractivity contribution in [2.45, 2.75) is 6.23 Å². The first-order valence-electron chi connectivity index (χ1n) is 20.9. The van der Waals surface area contributed by atoms with Gasteiger partial charge in [0.2, 0.25) is 0 Å². The molecule has 1 atom stereocenters. The van der Waals surface area contributed by atoms with E-state index in [2.05, 4.69) is 149 Å². The third kappa shape index (κ3) is 5.58. The third-order valence-electron chi connectivity index (χ3n) is 12.4. The van der Waals surface area contributed by atoms with Gasteiger partial charge in [0.05, 0.1) is 33.4 Å². The molecule has 6 heteroatoms. The zero-order chi connectivity index (χ0) is 41.3. The summed E-state index contributed by atoms with van der Waals surface area (Å²) in [4.78, 5) is 18.1. The number of aromatic nitrogens is 2. The molecule has 0 saturated heterocycles. The maximum Gasteiger partial charge on any atom is 0.336 e. The fraction of sp³-hybridized carbons (Fsp3) is 0.0179. The average Bonchev–Trinajstić information content (AvgIpc) is 3.84. The zero-order valence-corrected chi connectivity index (χ0v) is 33.5. The second-order valence-electron chi connectivity index (χ2n) is 15.9. The predicted octanol–water partition coefficient (Wildman–Crippen LogP) is 14.0. The molecule has 1 N–H and O–H groups in total. The van der Waals surface area contributed by atoms with Crippen LogP contribution in [0.5, 0.6) is 0 Å². The highest BCUT2D eigenvalue weighted by atomic mass is 16.3. The number of aliphatic hydroxyl groups excluding tert-OH is 1. The monoisotopic (exact) mass is 798 g/mol. The Morgan fingerprint density at radius 2 is 0.839 bits per heavy atom. The summed E-state index contributed by atoms with van der Waals surface area (Å²) in [6.45, 7) is 0. The van der Waals surface area contributed by atoms with Gasteiger partial charge in [-0.2, -0.15) is 0 Å². The van der Waals surface area contributed by atoms with E-state index in [1.165, 1.54) is 26.7 Å². The van der Waals surface area contributed by atoms with Crippen molar-refractivity contribution in [3.63, 3.8) is 0 Å². The predicted molar refractivity (Wildman–Crippen MR) is 254 cm³/mol. The third-order valence-corrected chi connectivity index (χ3v) is 12.4. The number of anilines is 3. The summed E-state index contributed by atoms with van der Waals surface area (Å²) in [6, 6.07) is 74.5. The van der Waals surface area contributed by atoms with Crippen LogP contribution in [0.2, 0.25) is 0 Å². The zero-order valence-electron chi connectivity index (χ0n) is 33.5. The topological polar surface area (TPSA) is 53.6 Å². The number of rotatable bonds is 6. The highest BCUT2D eigenvalue weighted by Gasteiger charge is 2.38.